The third-order valence-electron chi connectivity index (χ3n) is 4.31. The fraction of sp³-hybridized carbons (Fsp3) is 0.625. The van der Waals surface area contributed by atoms with Gasteiger partial charge in [0.1, 0.15) is 0 Å². The van der Waals surface area contributed by atoms with E-state index >= 15 is 0 Å². The first-order chi connectivity index (χ1) is 10.1. The molecule has 1 aliphatic carbocycles. The molecule has 1 aromatic rings. The zero-order valence-electron chi connectivity index (χ0n) is 12.5. The Morgan fingerprint density at radius 2 is 1.81 bits per heavy atom. The van der Waals surface area contributed by atoms with Gasteiger partial charge in [-0.3, -0.25) is 0 Å². The van der Waals surface area contributed by atoms with E-state index in [-0.39, 0.29) is 11.8 Å². The van der Waals surface area contributed by atoms with Crippen LogP contribution in [0.25, 0.3) is 0 Å². The number of benzene rings is 1. The van der Waals surface area contributed by atoms with Gasteiger partial charge in [0.05, 0.1) is 5.75 Å². The Balaban J connectivity index is 1.89. The molecule has 0 heterocycles. The van der Waals surface area contributed by atoms with Gasteiger partial charge in [-0.05, 0) is 30.7 Å². The van der Waals surface area contributed by atoms with Crippen molar-refractivity contribution in [2.75, 3.05) is 12.3 Å². The van der Waals surface area contributed by atoms with Gasteiger partial charge in [-0.25, -0.2) is 13.1 Å². The predicted octanol–water partition coefficient (Wildman–Crippen LogP) is 2.06. The number of nitrogens with one attached hydrogen (secondary N) is 1. The highest BCUT2D eigenvalue weighted by molar-refractivity contribution is 7.89. The van der Waals surface area contributed by atoms with Gasteiger partial charge >= 0.3 is 0 Å². The lowest BCUT2D eigenvalue weighted by Gasteiger charge is -2.29. The first-order valence-corrected chi connectivity index (χ1v) is 9.50. The summed E-state index contributed by atoms with van der Waals surface area (Å²) in [5.41, 5.74) is 6.84. The maximum Gasteiger partial charge on any atom is 0.212 e. The molecular formula is C16H26N2O2S. The molecule has 118 valence electrons. The molecule has 0 aliphatic heterocycles. The molecule has 21 heavy (non-hydrogen) atoms. The number of hydrogen-bond donors (Lipinski definition) is 2. The summed E-state index contributed by atoms with van der Waals surface area (Å²) in [4.78, 5) is 0. The van der Waals surface area contributed by atoms with Gasteiger partial charge in [0.15, 0.2) is 0 Å². The van der Waals surface area contributed by atoms with Crippen molar-refractivity contribution in [3.05, 3.63) is 35.9 Å². The lowest BCUT2D eigenvalue weighted by Crippen LogP contribution is -2.46. The van der Waals surface area contributed by atoms with E-state index in [0.717, 1.165) is 18.4 Å². The van der Waals surface area contributed by atoms with E-state index in [4.69, 9.17) is 5.73 Å². The zero-order chi connectivity index (χ0) is 15.1. The van der Waals surface area contributed by atoms with Gasteiger partial charge in [0.2, 0.25) is 10.0 Å². The van der Waals surface area contributed by atoms with Crippen LogP contribution < -0.4 is 10.5 Å². The Hall–Kier alpha value is -0.910. The van der Waals surface area contributed by atoms with Crippen molar-refractivity contribution in [2.45, 2.75) is 44.6 Å². The fourth-order valence-corrected chi connectivity index (χ4v) is 4.43. The topological polar surface area (TPSA) is 72.2 Å². The van der Waals surface area contributed by atoms with E-state index in [9.17, 15) is 8.42 Å². The summed E-state index contributed by atoms with van der Waals surface area (Å²) in [6, 6.07) is 9.60. The highest BCUT2D eigenvalue weighted by Gasteiger charge is 2.26. The van der Waals surface area contributed by atoms with Crippen LogP contribution in [-0.2, 0) is 16.4 Å². The minimum absolute atomic E-state index is 0.105. The highest BCUT2D eigenvalue weighted by atomic mass is 32.2. The summed E-state index contributed by atoms with van der Waals surface area (Å²) >= 11 is 0. The van der Waals surface area contributed by atoms with Crippen LogP contribution in [0.1, 0.15) is 37.7 Å². The number of sulfonamides is 1. The highest BCUT2D eigenvalue weighted by Crippen LogP contribution is 2.26. The van der Waals surface area contributed by atoms with E-state index in [1.54, 1.807) is 0 Å². The van der Waals surface area contributed by atoms with Crippen LogP contribution in [0.2, 0.25) is 0 Å². The first-order valence-electron chi connectivity index (χ1n) is 7.85. The predicted molar refractivity (Wildman–Crippen MR) is 86.5 cm³/mol. The van der Waals surface area contributed by atoms with Crippen LogP contribution >= 0.6 is 0 Å². The average molecular weight is 310 g/mol. The minimum Gasteiger partial charge on any atom is -0.329 e. The molecule has 4 nitrogen and oxygen atoms in total. The normalized spacial score (nSPS) is 18.5. The average Bonchev–Trinajstić information content (AvgIpc) is 2.53. The van der Waals surface area contributed by atoms with Crippen LogP contribution in [-0.4, -0.2) is 26.8 Å². The fourth-order valence-electron chi connectivity index (χ4n) is 3.06. The molecule has 0 radical (unpaired) electrons. The Labute approximate surface area is 128 Å². The summed E-state index contributed by atoms with van der Waals surface area (Å²) < 4.78 is 27.3. The van der Waals surface area contributed by atoms with Crippen LogP contribution in [0.3, 0.4) is 0 Å². The number of nitrogens with two attached hydrogens (primary N) is 1. The van der Waals surface area contributed by atoms with Crippen LogP contribution in [0.5, 0.6) is 0 Å². The third kappa shape index (κ3) is 5.41. The van der Waals surface area contributed by atoms with Gasteiger partial charge in [0.25, 0.3) is 0 Å². The smallest absolute Gasteiger partial charge is 0.212 e. The monoisotopic (exact) mass is 310 g/mol. The van der Waals surface area contributed by atoms with E-state index in [2.05, 4.69) is 4.72 Å². The summed E-state index contributed by atoms with van der Waals surface area (Å²) in [5.74, 6) is 0.524. The number of aryl methyl sites for hydroxylation is 1. The molecule has 0 amide bonds. The van der Waals surface area contributed by atoms with E-state index < -0.39 is 10.0 Å². The first kappa shape index (κ1) is 16.5. The molecule has 1 aromatic carbocycles. The molecule has 0 bridgehead atoms. The summed E-state index contributed by atoms with van der Waals surface area (Å²) in [6.07, 6.45) is 6.35. The lowest BCUT2D eigenvalue weighted by molar-refractivity contribution is 0.294. The van der Waals surface area contributed by atoms with Crippen LogP contribution in [0, 0.1) is 5.92 Å². The molecule has 0 aromatic heterocycles. The Kier molecular flexibility index (Phi) is 6.21. The molecular weight excluding hydrogens is 284 g/mol. The second-order valence-electron chi connectivity index (χ2n) is 5.91. The molecule has 5 heteroatoms. The maximum atomic E-state index is 12.2. The summed E-state index contributed by atoms with van der Waals surface area (Å²) in [5, 5.41) is 0. The van der Waals surface area contributed by atoms with Gasteiger partial charge in [-0.2, -0.15) is 0 Å². The van der Waals surface area contributed by atoms with Gasteiger partial charge in [-0.15, -0.1) is 0 Å². The van der Waals surface area contributed by atoms with Crippen molar-refractivity contribution in [3.63, 3.8) is 0 Å². The molecule has 1 fully saturated rings. The van der Waals surface area contributed by atoms with Crippen LogP contribution in [0.15, 0.2) is 30.3 Å². The van der Waals surface area contributed by atoms with Crippen molar-refractivity contribution < 1.29 is 8.42 Å². The molecule has 2 rings (SSSR count). The molecule has 1 unspecified atom stereocenters. The second-order valence-corrected chi connectivity index (χ2v) is 7.79. The van der Waals surface area contributed by atoms with Crippen LogP contribution in [0.4, 0.5) is 0 Å². The molecule has 3 N–H and O–H groups in total. The minimum atomic E-state index is -3.27. The van der Waals surface area contributed by atoms with E-state index in [0.29, 0.717) is 18.9 Å². The van der Waals surface area contributed by atoms with Crippen molar-refractivity contribution in [2.24, 2.45) is 11.7 Å². The summed E-state index contributed by atoms with van der Waals surface area (Å²) in [6.45, 7) is 0.384. The second kappa shape index (κ2) is 7.92. The molecule has 1 aliphatic rings. The van der Waals surface area contributed by atoms with Gasteiger partial charge in [0, 0.05) is 12.6 Å². The largest absolute Gasteiger partial charge is 0.329 e. The number of hydrogen-bond acceptors (Lipinski definition) is 3. The van der Waals surface area contributed by atoms with Crippen molar-refractivity contribution in [1.82, 2.24) is 4.72 Å². The van der Waals surface area contributed by atoms with Gasteiger partial charge < -0.3 is 5.73 Å². The Morgan fingerprint density at radius 3 is 2.43 bits per heavy atom. The number of rotatable bonds is 7. The standard InChI is InChI=1S/C16H26N2O2S/c17-13-16(15-9-5-2-6-10-15)18-21(19,20)12-11-14-7-3-1-4-8-14/h1,3-4,7-8,15-16,18H,2,5-6,9-13,17H2. The quantitative estimate of drug-likeness (QED) is 0.809. The maximum absolute atomic E-state index is 12.2. The molecule has 0 saturated heterocycles. The molecule has 0 spiro atoms. The van der Waals surface area contributed by atoms with Crippen molar-refractivity contribution >= 4 is 10.0 Å². The van der Waals surface area contributed by atoms with E-state index in [1.165, 1.54) is 19.3 Å². The zero-order valence-corrected chi connectivity index (χ0v) is 13.3. The lowest BCUT2D eigenvalue weighted by atomic mass is 9.84. The van der Waals surface area contributed by atoms with Crippen molar-refractivity contribution in [3.8, 4) is 0 Å². The third-order valence-corrected chi connectivity index (χ3v) is 5.71. The van der Waals surface area contributed by atoms with Crippen molar-refractivity contribution in [1.29, 1.82) is 0 Å². The van der Waals surface area contributed by atoms with E-state index in [1.807, 2.05) is 30.3 Å². The molecule has 1 atom stereocenters. The summed E-state index contributed by atoms with van der Waals surface area (Å²) in [7, 11) is -3.27. The molecule has 1 saturated carbocycles. The Morgan fingerprint density at radius 1 is 1.14 bits per heavy atom. The van der Waals surface area contributed by atoms with Gasteiger partial charge in [-0.1, -0.05) is 49.6 Å². The SMILES string of the molecule is NCC(NS(=O)(=O)CCc1ccccc1)C1CCCCC1. The Bertz CT molecular complexity index is 510.